The van der Waals surface area contributed by atoms with Crippen LogP contribution in [0.25, 0.3) is 11.0 Å². The van der Waals surface area contributed by atoms with E-state index < -0.39 is 30.1 Å². The molecule has 4 aromatic rings. The molecule has 0 saturated heterocycles. The van der Waals surface area contributed by atoms with Crippen LogP contribution in [0.2, 0.25) is 0 Å². The maximum Gasteiger partial charge on any atom is 0.290 e. The fourth-order valence-corrected chi connectivity index (χ4v) is 6.25. The van der Waals surface area contributed by atoms with Crippen LogP contribution in [0, 0.1) is 3.57 Å². The van der Waals surface area contributed by atoms with Gasteiger partial charge in [-0.15, -0.1) is 0 Å². The van der Waals surface area contributed by atoms with Gasteiger partial charge in [0.2, 0.25) is 5.91 Å². The van der Waals surface area contributed by atoms with Gasteiger partial charge in [0.1, 0.15) is 12.2 Å². The second kappa shape index (κ2) is 15.0. The van der Waals surface area contributed by atoms with E-state index in [9.17, 15) is 24.9 Å². The summed E-state index contributed by atoms with van der Waals surface area (Å²) in [5, 5.41) is 34.3. The minimum atomic E-state index is -1.29. The van der Waals surface area contributed by atoms with Gasteiger partial charge in [-0.3, -0.25) is 9.59 Å². The predicted octanol–water partition coefficient (Wildman–Crippen LogP) is 3.81. The number of aliphatic hydroxyl groups is 3. The first kappa shape index (κ1) is 33.3. The van der Waals surface area contributed by atoms with Crippen LogP contribution in [0.3, 0.4) is 0 Å². The summed E-state index contributed by atoms with van der Waals surface area (Å²) in [5.41, 5.74) is 2.09. The second-order valence-corrected chi connectivity index (χ2v) is 11.9. The van der Waals surface area contributed by atoms with E-state index in [4.69, 9.17) is 18.6 Å². The molecule has 1 aliphatic rings. The average molecular weight is 743 g/mol. The van der Waals surface area contributed by atoms with Gasteiger partial charge in [0.25, 0.3) is 5.91 Å². The third kappa shape index (κ3) is 7.15. The third-order valence-corrected chi connectivity index (χ3v) is 8.54. The van der Waals surface area contributed by atoms with Crippen LogP contribution in [0.15, 0.2) is 82.8 Å². The molecule has 4 N–H and O–H groups in total. The largest absolute Gasteiger partial charge is 0.493 e. The number of aliphatic hydroxyl groups excluding tert-OH is 3. The zero-order chi connectivity index (χ0) is 32.8. The van der Waals surface area contributed by atoms with Gasteiger partial charge in [0, 0.05) is 30.5 Å². The summed E-state index contributed by atoms with van der Waals surface area (Å²) in [6.45, 7) is -0.345. The first-order chi connectivity index (χ1) is 22.3. The number of furan rings is 1. The topological polar surface area (TPSA) is 151 Å². The number of benzene rings is 3. The fraction of sp³-hybridized carbons (Fsp3) is 0.294. The number of hydrogen-bond acceptors (Lipinski definition) is 9. The molecule has 3 unspecified atom stereocenters. The Hall–Kier alpha value is -4.11. The lowest BCUT2D eigenvalue weighted by atomic mass is 9.87. The van der Waals surface area contributed by atoms with E-state index in [1.165, 1.54) is 25.2 Å². The monoisotopic (exact) mass is 742 g/mol. The third-order valence-electron chi connectivity index (χ3n) is 7.74. The Kier molecular flexibility index (Phi) is 10.8. The van der Waals surface area contributed by atoms with Crippen molar-refractivity contribution in [3.05, 3.63) is 98.8 Å². The van der Waals surface area contributed by atoms with E-state index in [1.807, 2.05) is 36.4 Å². The van der Waals surface area contributed by atoms with Crippen LogP contribution in [0.1, 0.15) is 28.1 Å². The van der Waals surface area contributed by atoms with Crippen molar-refractivity contribution in [2.45, 2.75) is 37.8 Å². The summed E-state index contributed by atoms with van der Waals surface area (Å²) < 4.78 is 24.0. The maximum atomic E-state index is 14.3. The molecule has 0 fully saturated rings. The summed E-state index contributed by atoms with van der Waals surface area (Å²) in [4.78, 5) is 29.1. The van der Waals surface area contributed by atoms with Crippen LogP contribution in [0.4, 0.5) is 0 Å². The van der Waals surface area contributed by atoms with Gasteiger partial charge in [0.05, 0.1) is 37.0 Å². The second-order valence-electron chi connectivity index (χ2n) is 10.7. The van der Waals surface area contributed by atoms with Gasteiger partial charge in [-0.25, -0.2) is 0 Å². The number of carbonyl (C=O) groups excluding carboxylic acids is 2. The zero-order valence-corrected chi connectivity index (χ0v) is 27.5. The summed E-state index contributed by atoms with van der Waals surface area (Å²) in [6, 6.07) is 18.7. The number of rotatable bonds is 12. The first-order valence-electron chi connectivity index (χ1n) is 14.6. The Morgan fingerprint density at radius 2 is 1.76 bits per heavy atom. The molecule has 3 atom stereocenters. The standard InChI is InChI=1S/C34H35IN2O9/c1-43-26-10-6-9-22-16-29(46-31(22)26)34(42)37(18-20-7-4-3-5-8-20)25-15-23(33(41)36-11-12-38)17-27(30(25)40)45-32-24(35)13-21(19-39)14-28(32)44-2/h3-10,13-14,16-17,25,27,30,38-40H,11-12,15,18-19H2,1-2H3,(H,36,41). The van der Waals surface area contributed by atoms with E-state index in [2.05, 4.69) is 27.9 Å². The molecule has 1 aliphatic carbocycles. The van der Waals surface area contributed by atoms with Crippen molar-refractivity contribution in [3.8, 4) is 17.2 Å². The molecule has 46 heavy (non-hydrogen) atoms. The lowest BCUT2D eigenvalue weighted by molar-refractivity contribution is -0.118. The lowest BCUT2D eigenvalue weighted by Crippen LogP contribution is -2.54. The normalized spacial score (nSPS) is 17.7. The summed E-state index contributed by atoms with van der Waals surface area (Å²) in [6.07, 6.45) is -0.851. The molecule has 1 aromatic heterocycles. The zero-order valence-electron chi connectivity index (χ0n) is 25.3. The smallest absolute Gasteiger partial charge is 0.290 e. The molecule has 0 bridgehead atoms. The maximum absolute atomic E-state index is 14.3. The highest BCUT2D eigenvalue weighted by atomic mass is 127. The predicted molar refractivity (Wildman–Crippen MR) is 178 cm³/mol. The number of methoxy groups -OCH3 is 2. The molecule has 0 aliphatic heterocycles. The molecule has 0 saturated carbocycles. The molecule has 242 valence electrons. The molecular weight excluding hydrogens is 707 g/mol. The van der Waals surface area contributed by atoms with E-state index in [1.54, 1.807) is 30.3 Å². The van der Waals surface area contributed by atoms with Crippen LogP contribution in [-0.2, 0) is 17.9 Å². The molecule has 2 amide bonds. The van der Waals surface area contributed by atoms with E-state index in [0.717, 1.165) is 5.56 Å². The van der Waals surface area contributed by atoms with E-state index in [-0.39, 0.29) is 44.1 Å². The van der Waals surface area contributed by atoms with Crippen molar-refractivity contribution in [2.24, 2.45) is 0 Å². The number of carbonyl (C=O) groups is 2. The van der Waals surface area contributed by atoms with Crippen molar-refractivity contribution in [3.63, 3.8) is 0 Å². The molecule has 3 aromatic carbocycles. The molecule has 5 rings (SSSR count). The number of para-hydroxylation sites is 1. The molecule has 0 spiro atoms. The Labute approximate surface area is 279 Å². The van der Waals surface area contributed by atoms with Gasteiger partial charge in [-0.05, 0) is 64.1 Å². The first-order valence-corrected chi connectivity index (χ1v) is 15.7. The van der Waals surface area contributed by atoms with Gasteiger partial charge >= 0.3 is 0 Å². The molecular formula is C34H35IN2O9. The Bertz CT molecular complexity index is 1720. The van der Waals surface area contributed by atoms with Gasteiger partial charge in [0.15, 0.2) is 28.6 Å². The summed E-state index contributed by atoms with van der Waals surface area (Å²) in [7, 11) is 2.98. The van der Waals surface area contributed by atoms with E-state index >= 15 is 0 Å². The number of ether oxygens (including phenoxy) is 3. The highest BCUT2D eigenvalue weighted by Gasteiger charge is 2.42. The fourth-order valence-electron chi connectivity index (χ4n) is 5.46. The van der Waals surface area contributed by atoms with Gasteiger partial charge in [-0.2, -0.15) is 0 Å². The lowest BCUT2D eigenvalue weighted by Gasteiger charge is -2.40. The van der Waals surface area contributed by atoms with Crippen LogP contribution in [-0.4, -0.2) is 77.7 Å². The number of halogens is 1. The number of hydrogen-bond donors (Lipinski definition) is 4. The number of amides is 2. The summed E-state index contributed by atoms with van der Waals surface area (Å²) in [5.74, 6) is 0.189. The average Bonchev–Trinajstić information content (AvgIpc) is 3.52. The minimum Gasteiger partial charge on any atom is -0.493 e. The molecule has 1 heterocycles. The quantitative estimate of drug-likeness (QED) is 0.159. The molecule has 12 heteroatoms. The van der Waals surface area contributed by atoms with Crippen molar-refractivity contribution < 1.29 is 43.5 Å². The van der Waals surface area contributed by atoms with Crippen molar-refractivity contribution in [1.29, 1.82) is 0 Å². The minimum absolute atomic E-state index is 0.00190. The van der Waals surface area contributed by atoms with Crippen LogP contribution >= 0.6 is 22.6 Å². The molecule has 11 nitrogen and oxygen atoms in total. The number of fused-ring (bicyclic) bond motifs is 1. The molecule has 0 radical (unpaired) electrons. The van der Waals surface area contributed by atoms with Crippen LogP contribution < -0.4 is 19.5 Å². The highest BCUT2D eigenvalue weighted by molar-refractivity contribution is 14.1. The number of nitrogens with one attached hydrogen (secondary N) is 1. The van der Waals surface area contributed by atoms with E-state index in [0.29, 0.717) is 37.4 Å². The van der Waals surface area contributed by atoms with Crippen molar-refractivity contribution >= 4 is 45.4 Å². The Balaban J connectivity index is 1.57. The van der Waals surface area contributed by atoms with Gasteiger partial charge < -0.3 is 44.2 Å². The number of nitrogens with zero attached hydrogens (tertiary/aromatic N) is 1. The Morgan fingerprint density at radius 3 is 2.46 bits per heavy atom. The van der Waals surface area contributed by atoms with Gasteiger partial charge in [-0.1, -0.05) is 42.5 Å². The summed E-state index contributed by atoms with van der Waals surface area (Å²) >= 11 is 2.05. The van der Waals surface area contributed by atoms with Crippen LogP contribution in [0.5, 0.6) is 17.2 Å². The van der Waals surface area contributed by atoms with Crippen molar-refractivity contribution in [2.75, 3.05) is 27.4 Å². The van der Waals surface area contributed by atoms with Crippen molar-refractivity contribution in [1.82, 2.24) is 10.2 Å². The SMILES string of the molecule is COc1cc(CO)cc(I)c1OC1C=C(C(=O)NCCO)CC(N(Cc2ccccc2)C(=O)c2cc3cccc(OC)c3o2)C1O. The Morgan fingerprint density at radius 1 is 1.00 bits per heavy atom. The highest BCUT2D eigenvalue weighted by Crippen LogP contribution is 2.38.